The molecule has 0 aliphatic heterocycles. The zero-order valence-corrected chi connectivity index (χ0v) is 11.5. The lowest BCUT2D eigenvalue weighted by atomic mass is 10.1. The number of carbonyl (C=O) groups excluding carboxylic acids is 1. The van der Waals surface area contributed by atoms with Crippen molar-refractivity contribution in [2.24, 2.45) is 0 Å². The van der Waals surface area contributed by atoms with Crippen molar-refractivity contribution in [1.82, 2.24) is 10.2 Å². The molecule has 0 atom stereocenters. The first-order valence-corrected chi connectivity index (χ1v) is 5.91. The number of hydrogen-bond acceptors (Lipinski definition) is 4. The molecule has 1 aromatic rings. The van der Waals surface area contributed by atoms with Crippen LogP contribution in [0.2, 0.25) is 0 Å². The molecule has 0 saturated heterocycles. The number of nitrogen functional groups attached to an aromatic ring is 1. The predicted octanol–water partition coefficient (Wildman–Crippen LogP) is 0.626. The van der Waals surface area contributed by atoms with Crippen molar-refractivity contribution in [2.75, 3.05) is 51.9 Å². The van der Waals surface area contributed by atoms with E-state index in [1.54, 1.807) is 12.1 Å². The van der Waals surface area contributed by atoms with E-state index in [0.717, 1.165) is 12.2 Å². The van der Waals surface area contributed by atoms with Gasteiger partial charge in [0.05, 0.1) is 5.56 Å². The van der Waals surface area contributed by atoms with Crippen LogP contribution in [0.4, 0.5) is 11.4 Å². The fraction of sp³-hybridized carbons (Fsp3) is 0.462. The maximum Gasteiger partial charge on any atom is 0.253 e. The van der Waals surface area contributed by atoms with Crippen LogP contribution in [-0.4, -0.2) is 52.1 Å². The maximum atomic E-state index is 12.1. The number of likely N-dealkylation sites (N-methyl/N-ethyl adjacent to an activating group) is 1. The minimum Gasteiger partial charge on any atom is -0.399 e. The number of nitrogens with one attached hydrogen (secondary N) is 1. The number of hydrogen-bond donors (Lipinski definition) is 2. The van der Waals surface area contributed by atoms with Crippen molar-refractivity contribution < 1.29 is 4.79 Å². The quantitative estimate of drug-likeness (QED) is 0.752. The number of anilines is 2. The Hall–Kier alpha value is -1.75. The van der Waals surface area contributed by atoms with Crippen LogP contribution in [0.3, 0.4) is 0 Å². The molecule has 3 N–H and O–H groups in total. The highest BCUT2D eigenvalue weighted by Crippen LogP contribution is 2.21. The second-order valence-electron chi connectivity index (χ2n) is 4.73. The van der Waals surface area contributed by atoms with Gasteiger partial charge in [0.15, 0.2) is 0 Å². The highest BCUT2D eigenvalue weighted by molar-refractivity contribution is 6.00. The van der Waals surface area contributed by atoms with E-state index in [1.807, 2.05) is 44.1 Å². The molecule has 0 bridgehead atoms. The molecule has 0 aliphatic carbocycles. The molecule has 5 heteroatoms. The van der Waals surface area contributed by atoms with Crippen molar-refractivity contribution in [1.29, 1.82) is 0 Å². The summed E-state index contributed by atoms with van der Waals surface area (Å²) in [6.45, 7) is 1.43. The second-order valence-corrected chi connectivity index (χ2v) is 4.73. The molecule has 0 radical (unpaired) electrons. The highest BCUT2D eigenvalue weighted by Gasteiger charge is 2.12. The van der Waals surface area contributed by atoms with E-state index in [2.05, 4.69) is 5.32 Å². The molecule has 18 heavy (non-hydrogen) atoms. The molecule has 0 saturated carbocycles. The summed E-state index contributed by atoms with van der Waals surface area (Å²) < 4.78 is 0. The number of rotatable bonds is 5. The molecule has 5 nitrogen and oxygen atoms in total. The molecule has 100 valence electrons. The van der Waals surface area contributed by atoms with Crippen molar-refractivity contribution in [3.63, 3.8) is 0 Å². The second kappa shape index (κ2) is 6.26. The highest BCUT2D eigenvalue weighted by atomic mass is 16.1. The lowest BCUT2D eigenvalue weighted by Gasteiger charge is -2.18. The van der Waals surface area contributed by atoms with Crippen LogP contribution in [0.5, 0.6) is 0 Å². The van der Waals surface area contributed by atoms with E-state index in [4.69, 9.17) is 5.73 Å². The lowest BCUT2D eigenvalue weighted by Crippen LogP contribution is -2.32. The zero-order valence-electron chi connectivity index (χ0n) is 11.5. The Kier molecular flexibility index (Phi) is 4.97. The van der Waals surface area contributed by atoms with E-state index in [0.29, 0.717) is 17.8 Å². The number of nitrogens with zero attached hydrogens (tertiary/aromatic N) is 2. The average molecular weight is 250 g/mol. The number of nitrogens with two attached hydrogens (primary N) is 1. The van der Waals surface area contributed by atoms with Gasteiger partial charge in [-0.1, -0.05) is 0 Å². The van der Waals surface area contributed by atoms with Gasteiger partial charge in [0.25, 0.3) is 5.91 Å². The summed E-state index contributed by atoms with van der Waals surface area (Å²) in [6.07, 6.45) is 0. The molecule has 0 heterocycles. The Balaban J connectivity index is 2.80. The smallest absolute Gasteiger partial charge is 0.253 e. The Morgan fingerprint density at radius 2 is 1.94 bits per heavy atom. The van der Waals surface area contributed by atoms with E-state index in [1.165, 1.54) is 0 Å². The minimum atomic E-state index is -0.0900. The number of amides is 1. The van der Waals surface area contributed by atoms with E-state index >= 15 is 0 Å². The summed E-state index contributed by atoms with van der Waals surface area (Å²) in [5.41, 5.74) is 7.81. The summed E-state index contributed by atoms with van der Waals surface area (Å²) in [6, 6.07) is 5.36. The maximum absolute atomic E-state index is 12.1. The van der Waals surface area contributed by atoms with Crippen molar-refractivity contribution >= 4 is 17.3 Å². The van der Waals surface area contributed by atoms with E-state index < -0.39 is 0 Å². The Labute approximate surface area is 109 Å². The number of benzene rings is 1. The van der Waals surface area contributed by atoms with E-state index in [9.17, 15) is 4.79 Å². The van der Waals surface area contributed by atoms with Gasteiger partial charge in [-0.3, -0.25) is 4.79 Å². The van der Waals surface area contributed by atoms with Gasteiger partial charge in [-0.15, -0.1) is 0 Å². The molecule has 0 aliphatic rings. The molecule has 1 amide bonds. The average Bonchev–Trinajstić information content (AvgIpc) is 2.27. The Bertz CT molecular complexity index is 415. The van der Waals surface area contributed by atoms with E-state index in [-0.39, 0.29) is 5.91 Å². The summed E-state index contributed by atoms with van der Waals surface area (Å²) in [7, 11) is 7.75. The molecule has 0 fully saturated rings. The first-order chi connectivity index (χ1) is 8.41. The van der Waals surface area contributed by atoms with Crippen LogP contribution in [0.25, 0.3) is 0 Å². The van der Waals surface area contributed by atoms with Crippen molar-refractivity contribution in [3.05, 3.63) is 23.8 Å². The van der Waals surface area contributed by atoms with Crippen LogP contribution in [0.15, 0.2) is 18.2 Å². The zero-order chi connectivity index (χ0) is 13.7. The SMILES string of the molecule is CN(C)CCNC(=O)c1cc(N)ccc1N(C)C. The largest absolute Gasteiger partial charge is 0.399 e. The molecule has 0 unspecified atom stereocenters. The van der Waals surface area contributed by atoms with Crippen molar-refractivity contribution in [3.8, 4) is 0 Å². The molecule has 0 aromatic heterocycles. The first kappa shape index (κ1) is 14.3. The van der Waals surface area contributed by atoms with Crippen molar-refractivity contribution in [2.45, 2.75) is 0 Å². The van der Waals surface area contributed by atoms with Crippen LogP contribution in [-0.2, 0) is 0 Å². The monoisotopic (exact) mass is 250 g/mol. The van der Waals surface area contributed by atoms with Gasteiger partial charge in [0.2, 0.25) is 0 Å². The van der Waals surface area contributed by atoms with Gasteiger partial charge in [0, 0.05) is 38.6 Å². The normalized spacial score (nSPS) is 10.5. The Morgan fingerprint density at radius 3 is 2.50 bits per heavy atom. The molecular formula is C13H22N4O. The standard InChI is InChI=1S/C13H22N4O/c1-16(2)8-7-15-13(18)11-9-10(14)5-6-12(11)17(3)4/h5-6,9H,7-8,14H2,1-4H3,(H,15,18). The molecular weight excluding hydrogens is 228 g/mol. The molecule has 0 spiro atoms. The van der Waals surface area contributed by atoms with Gasteiger partial charge >= 0.3 is 0 Å². The summed E-state index contributed by atoms with van der Waals surface area (Å²) in [5.74, 6) is -0.0900. The van der Waals surface area contributed by atoms with Gasteiger partial charge in [0.1, 0.15) is 0 Å². The molecule has 1 rings (SSSR count). The minimum absolute atomic E-state index is 0.0900. The van der Waals surface area contributed by atoms with Crippen LogP contribution >= 0.6 is 0 Å². The van der Waals surface area contributed by atoms with Crippen LogP contribution in [0.1, 0.15) is 10.4 Å². The third-order valence-corrected chi connectivity index (χ3v) is 2.59. The fourth-order valence-corrected chi connectivity index (χ4v) is 1.61. The summed E-state index contributed by atoms with van der Waals surface area (Å²) in [4.78, 5) is 16.0. The predicted molar refractivity (Wildman–Crippen MR) is 76.1 cm³/mol. The third-order valence-electron chi connectivity index (χ3n) is 2.59. The fourth-order valence-electron chi connectivity index (χ4n) is 1.61. The molecule has 1 aromatic carbocycles. The Morgan fingerprint density at radius 1 is 1.28 bits per heavy atom. The summed E-state index contributed by atoms with van der Waals surface area (Å²) >= 11 is 0. The van der Waals surface area contributed by atoms with Gasteiger partial charge in [-0.2, -0.15) is 0 Å². The number of carbonyl (C=O) groups is 1. The first-order valence-electron chi connectivity index (χ1n) is 5.91. The summed E-state index contributed by atoms with van der Waals surface area (Å²) in [5, 5.41) is 2.89. The van der Waals surface area contributed by atoms with Crippen LogP contribution in [0, 0.1) is 0 Å². The van der Waals surface area contributed by atoms with Gasteiger partial charge < -0.3 is 20.9 Å². The van der Waals surface area contributed by atoms with Gasteiger partial charge in [-0.05, 0) is 32.3 Å². The lowest BCUT2D eigenvalue weighted by molar-refractivity contribution is 0.0951. The van der Waals surface area contributed by atoms with Crippen LogP contribution < -0.4 is 16.0 Å². The third kappa shape index (κ3) is 3.92. The topological polar surface area (TPSA) is 61.6 Å². The van der Waals surface area contributed by atoms with Gasteiger partial charge in [-0.25, -0.2) is 0 Å².